The molecule has 3 nitrogen and oxygen atoms in total. The number of ketones is 1. The Hall–Kier alpha value is -1.20. The van der Waals surface area contributed by atoms with E-state index in [1.54, 1.807) is 11.8 Å². The topological polar surface area (TPSA) is 43.4 Å². The fraction of sp³-hybridized carbons (Fsp3) is 0.333. The lowest BCUT2D eigenvalue weighted by atomic mass is 10.1. The number of benzene rings is 1. The molecule has 1 aromatic rings. The van der Waals surface area contributed by atoms with Crippen molar-refractivity contribution >= 4 is 42.2 Å². The number of esters is 1. The Kier molecular flexibility index (Phi) is 6.88. The SMILES string of the molecule is COC(=O)C(S)C(=O)C/C(C)=C/c1ccc(SC)cc1. The third kappa shape index (κ3) is 5.06. The number of carbonyl (C=O) groups excluding carboxylic acids is 2. The number of rotatable bonds is 6. The summed E-state index contributed by atoms with van der Waals surface area (Å²) < 4.78 is 4.50. The Balaban J connectivity index is 2.69. The lowest BCUT2D eigenvalue weighted by Crippen LogP contribution is -2.25. The molecule has 0 saturated heterocycles. The number of allylic oxidation sites excluding steroid dienone is 1. The molecular formula is C15H18O3S2. The number of methoxy groups -OCH3 is 1. The number of thioether (sulfide) groups is 1. The van der Waals surface area contributed by atoms with Crippen molar-refractivity contribution in [3.05, 3.63) is 35.4 Å². The van der Waals surface area contributed by atoms with Crippen molar-refractivity contribution in [3.63, 3.8) is 0 Å². The summed E-state index contributed by atoms with van der Waals surface area (Å²) in [7, 11) is 1.24. The fourth-order valence-corrected chi connectivity index (χ4v) is 2.26. The van der Waals surface area contributed by atoms with Gasteiger partial charge in [-0.05, 0) is 30.9 Å². The molecule has 1 aromatic carbocycles. The summed E-state index contributed by atoms with van der Waals surface area (Å²) >= 11 is 5.65. The van der Waals surface area contributed by atoms with Gasteiger partial charge in [-0.25, -0.2) is 0 Å². The van der Waals surface area contributed by atoms with Crippen LogP contribution in [0.15, 0.2) is 34.7 Å². The van der Waals surface area contributed by atoms with E-state index in [1.807, 2.05) is 43.5 Å². The van der Waals surface area contributed by atoms with Crippen molar-refractivity contribution in [2.75, 3.05) is 13.4 Å². The molecule has 0 bridgehead atoms. The Morgan fingerprint density at radius 1 is 1.35 bits per heavy atom. The van der Waals surface area contributed by atoms with Gasteiger partial charge in [-0.2, -0.15) is 12.6 Å². The highest BCUT2D eigenvalue weighted by molar-refractivity contribution is 7.98. The van der Waals surface area contributed by atoms with Gasteiger partial charge in [-0.3, -0.25) is 9.59 Å². The van der Waals surface area contributed by atoms with Crippen LogP contribution < -0.4 is 0 Å². The number of hydrogen-bond donors (Lipinski definition) is 1. The van der Waals surface area contributed by atoms with E-state index in [0.29, 0.717) is 0 Å². The third-order valence-corrected chi connectivity index (χ3v) is 3.95. The van der Waals surface area contributed by atoms with Crippen LogP contribution in [0.3, 0.4) is 0 Å². The Morgan fingerprint density at radius 2 is 1.95 bits per heavy atom. The first-order chi connectivity index (χ1) is 9.47. The van der Waals surface area contributed by atoms with Crippen molar-refractivity contribution in [2.24, 2.45) is 0 Å². The second-order valence-electron chi connectivity index (χ2n) is 4.33. The summed E-state index contributed by atoms with van der Waals surface area (Å²) in [5, 5.41) is -1.01. The van der Waals surface area contributed by atoms with Gasteiger partial charge in [0.2, 0.25) is 0 Å². The predicted octanol–water partition coefficient (Wildman–Crippen LogP) is 3.24. The van der Waals surface area contributed by atoms with Crippen molar-refractivity contribution < 1.29 is 14.3 Å². The van der Waals surface area contributed by atoms with Gasteiger partial charge >= 0.3 is 5.97 Å². The summed E-state index contributed by atoms with van der Waals surface area (Å²) in [5.74, 6) is -0.870. The molecule has 5 heteroatoms. The number of Topliss-reactive ketones (excluding diaryl/α,β-unsaturated/α-hetero) is 1. The second kappa shape index (κ2) is 8.17. The minimum atomic E-state index is -1.01. The molecule has 1 atom stereocenters. The summed E-state index contributed by atoms with van der Waals surface area (Å²) in [5.41, 5.74) is 1.91. The average Bonchev–Trinajstić information content (AvgIpc) is 2.46. The minimum absolute atomic E-state index is 0.188. The Bertz CT molecular complexity index is 506. The molecule has 1 rings (SSSR count). The summed E-state index contributed by atoms with van der Waals surface area (Å²) in [6, 6.07) is 8.06. The maximum atomic E-state index is 11.8. The molecule has 0 saturated carbocycles. The number of carbonyl (C=O) groups is 2. The van der Waals surface area contributed by atoms with E-state index in [4.69, 9.17) is 0 Å². The van der Waals surface area contributed by atoms with E-state index in [9.17, 15) is 9.59 Å². The summed E-state index contributed by atoms with van der Waals surface area (Å²) in [6.07, 6.45) is 4.14. The van der Waals surface area contributed by atoms with E-state index in [1.165, 1.54) is 12.0 Å². The molecule has 0 heterocycles. The standard InChI is InChI=1S/C15H18O3S2/c1-10(9-13(16)14(19)15(17)18-2)8-11-4-6-12(20-3)7-5-11/h4-8,14,19H,9H2,1-3H3/b10-8+. The highest BCUT2D eigenvalue weighted by Gasteiger charge is 2.22. The van der Waals surface area contributed by atoms with Crippen LogP contribution in [-0.4, -0.2) is 30.4 Å². The van der Waals surface area contributed by atoms with E-state index in [2.05, 4.69) is 17.4 Å². The van der Waals surface area contributed by atoms with Crippen molar-refractivity contribution in [2.45, 2.75) is 23.5 Å². The molecule has 20 heavy (non-hydrogen) atoms. The first-order valence-corrected chi connectivity index (χ1v) is 7.82. The molecule has 0 spiro atoms. The molecular weight excluding hydrogens is 292 g/mol. The van der Waals surface area contributed by atoms with Gasteiger partial charge in [-0.1, -0.05) is 23.8 Å². The maximum Gasteiger partial charge on any atom is 0.326 e. The first-order valence-electron chi connectivity index (χ1n) is 6.07. The van der Waals surface area contributed by atoms with Crippen molar-refractivity contribution in [3.8, 4) is 0 Å². The van der Waals surface area contributed by atoms with Gasteiger partial charge in [0.1, 0.15) is 0 Å². The van der Waals surface area contributed by atoms with E-state index in [0.717, 1.165) is 11.1 Å². The van der Waals surface area contributed by atoms with Gasteiger partial charge in [0.25, 0.3) is 0 Å². The zero-order chi connectivity index (χ0) is 15.1. The van der Waals surface area contributed by atoms with Crippen molar-refractivity contribution in [1.29, 1.82) is 0 Å². The van der Waals surface area contributed by atoms with Crippen LogP contribution in [0.1, 0.15) is 18.9 Å². The molecule has 0 amide bonds. The zero-order valence-electron chi connectivity index (χ0n) is 11.8. The van der Waals surface area contributed by atoms with E-state index >= 15 is 0 Å². The van der Waals surface area contributed by atoms with E-state index in [-0.39, 0.29) is 12.2 Å². The second-order valence-corrected chi connectivity index (χ2v) is 5.73. The lowest BCUT2D eigenvalue weighted by molar-refractivity contribution is -0.142. The molecule has 0 aliphatic rings. The van der Waals surface area contributed by atoms with Crippen LogP contribution in [0.5, 0.6) is 0 Å². The van der Waals surface area contributed by atoms with Gasteiger partial charge in [-0.15, -0.1) is 11.8 Å². The fourth-order valence-electron chi connectivity index (χ4n) is 1.65. The molecule has 0 fully saturated rings. The van der Waals surface area contributed by atoms with Gasteiger partial charge in [0.15, 0.2) is 11.0 Å². The molecule has 0 aliphatic heterocycles. The van der Waals surface area contributed by atoms with Crippen LogP contribution in [0.4, 0.5) is 0 Å². The lowest BCUT2D eigenvalue weighted by Gasteiger charge is -2.07. The number of thiol groups is 1. The highest BCUT2D eigenvalue weighted by atomic mass is 32.2. The van der Waals surface area contributed by atoms with Crippen LogP contribution >= 0.6 is 24.4 Å². The number of hydrogen-bond acceptors (Lipinski definition) is 5. The summed E-state index contributed by atoms with van der Waals surface area (Å²) in [4.78, 5) is 24.2. The molecule has 0 aromatic heterocycles. The molecule has 0 radical (unpaired) electrons. The Labute approximate surface area is 129 Å². The molecule has 0 N–H and O–H groups in total. The van der Waals surface area contributed by atoms with Crippen LogP contribution in [0, 0.1) is 0 Å². The van der Waals surface area contributed by atoms with Gasteiger partial charge < -0.3 is 4.74 Å². The first kappa shape index (κ1) is 16.9. The maximum absolute atomic E-state index is 11.8. The monoisotopic (exact) mass is 310 g/mol. The predicted molar refractivity (Wildman–Crippen MR) is 86.3 cm³/mol. The normalized spacial score (nSPS) is 12.9. The third-order valence-electron chi connectivity index (χ3n) is 2.71. The minimum Gasteiger partial charge on any atom is -0.468 e. The quantitative estimate of drug-likeness (QED) is 0.379. The van der Waals surface area contributed by atoms with Crippen LogP contribution in [0.25, 0.3) is 6.08 Å². The smallest absolute Gasteiger partial charge is 0.326 e. The summed E-state index contributed by atoms with van der Waals surface area (Å²) in [6.45, 7) is 1.86. The largest absolute Gasteiger partial charge is 0.468 e. The molecule has 1 unspecified atom stereocenters. The molecule has 0 aliphatic carbocycles. The van der Waals surface area contributed by atoms with Crippen LogP contribution in [0.2, 0.25) is 0 Å². The molecule has 108 valence electrons. The zero-order valence-corrected chi connectivity index (χ0v) is 13.5. The van der Waals surface area contributed by atoms with Crippen LogP contribution in [-0.2, 0) is 14.3 Å². The van der Waals surface area contributed by atoms with E-state index < -0.39 is 11.2 Å². The highest BCUT2D eigenvalue weighted by Crippen LogP contribution is 2.18. The van der Waals surface area contributed by atoms with Gasteiger partial charge in [0.05, 0.1) is 7.11 Å². The Morgan fingerprint density at radius 3 is 2.45 bits per heavy atom. The van der Waals surface area contributed by atoms with Crippen molar-refractivity contribution in [1.82, 2.24) is 0 Å². The van der Waals surface area contributed by atoms with Gasteiger partial charge in [0, 0.05) is 11.3 Å². The average molecular weight is 310 g/mol. The number of ether oxygens (including phenoxy) is 1.